The van der Waals surface area contributed by atoms with Gasteiger partial charge in [0.15, 0.2) is 0 Å². The fraction of sp³-hybridized carbons (Fsp3) is 0.615. The fourth-order valence-electron chi connectivity index (χ4n) is 3.08. The largest absolute Gasteiger partial charge is 0.481 e. The Labute approximate surface area is 115 Å². The lowest BCUT2D eigenvalue weighted by Gasteiger charge is -2.33. The van der Waals surface area contributed by atoms with Crippen LogP contribution in [0.25, 0.3) is 0 Å². The van der Waals surface area contributed by atoms with E-state index in [-0.39, 0.29) is 24.8 Å². The molecule has 1 aromatic rings. The molecule has 0 radical (unpaired) electrons. The Bertz CT molecular complexity index is 515. The van der Waals surface area contributed by atoms with Crippen molar-refractivity contribution < 1.29 is 24.0 Å². The Morgan fingerprint density at radius 1 is 1.55 bits per heavy atom. The Morgan fingerprint density at radius 3 is 3.05 bits per heavy atom. The second-order valence-electron chi connectivity index (χ2n) is 5.42. The zero-order valence-electron chi connectivity index (χ0n) is 10.9. The molecule has 0 unspecified atom stereocenters. The molecule has 2 saturated heterocycles. The summed E-state index contributed by atoms with van der Waals surface area (Å²) in [5, 5.41) is 13.2. The number of ether oxygens (including phenoxy) is 1. The van der Waals surface area contributed by atoms with E-state index in [1.165, 1.54) is 6.26 Å². The smallest absolute Gasteiger partial charge is 0.311 e. The normalized spacial score (nSPS) is 29.2. The molecular weight excluding hydrogens is 264 g/mol. The second-order valence-corrected chi connectivity index (χ2v) is 5.42. The van der Waals surface area contributed by atoms with Gasteiger partial charge in [-0.25, -0.2) is 0 Å². The summed E-state index contributed by atoms with van der Waals surface area (Å²) in [5.41, 5.74) is -0.289. The summed E-state index contributed by atoms with van der Waals surface area (Å²) >= 11 is 0. The number of hydrogen-bond acceptors (Lipinski definition) is 5. The van der Waals surface area contributed by atoms with Crippen LogP contribution in [0.2, 0.25) is 0 Å². The van der Waals surface area contributed by atoms with E-state index in [9.17, 15) is 14.7 Å². The maximum Gasteiger partial charge on any atom is 0.311 e. The van der Waals surface area contributed by atoms with Crippen LogP contribution in [0.1, 0.15) is 12.1 Å². The quantitative estimate of drug-likeness (QED) is 0.848. The highest BCUT2D eigenvalue weighted by Gasteiger charge is 2.54. The number of carboxylic acids is 1. The van der Waals surface area contributed by atoms with Crippen molar-refractivity contribution >= 4 is 11.9 Å². The van der Waals surface area contributed by atoms with E-state index in [2.05, 4.69) is 5.16 Å². The van der Waals surface area contributed by atoms with Crippen molar-refractivity contribution in [2.45, 2.75) is 12.8 Å². The lowest BCUT2D eigenvalue weighted by Crippen LogP contribution is -2.45. The SMILES string of the molecule is O=C(Cc1ccon1)N1C[C@H]2COCC[C@@]2(C(=O)O)C1. The van der Waals surface area contributed by atoms with E-state index in [0.29, 0.717) is 31.9 Å². The number of rotatable bonds is 3. The van der Waals surface area contributed by atoms with Crippen molar-refractivity contribution in [1.29, 1.82) is 0 Å². The van der Waals surface area contributed by atoms with Crippen molar-refractivity contribution in [2.24, 2.45) is 11.3 Å². The van der Waals surface area contributed by atoms with Gasteiger partial charge < -0.3 is 19.3 Å². The molecular formula is C13H16N2O5. The maximum absolute atomic E-state index is 12.2. The third-order valence-electron chi connectivity index (χ3n) is 4.31. The van der Waals surface area contributed by atoms with Crippen LogP contribution in [0.3, 0.4) is 0 Å². The number of carboxylic acid groups (broad SMARTS) is 1. The molecule has 7 nitrogen and oxygen atoms in total. The van der Waals surface area contributed by atoms with Gasteiger partial charge in [-0.1, -0.05) is 5.16 Å². The van der Waals surface area contributed by atoms with Crippen LogP contribution < -0.4 is 0 Å². The van der Waals surface area contributed by atoms with Crippen LogP contribution in [0.5, 0.6) is 0 Å². The molecule has 1 amide bonds. The average molecular weight is 280 g/mol. The molecule has 2 fully saturated rings. The summed E-state index contributed by atoms with van der Waals surface area (Å²) in [6, 6.07) is 1.64. The lowest BCUT2D eigenvalue weighted by molar-refractivity contribution is -0.157. The summed E-state index contributed by atoms with van der Waals surface area (Å²) in [4.78, 5) is 25.5. The van der Waals surface area contributed by atoms with Gasteiger partial charge in [-0.05, 0) is 6.42 Å². The predicted molar refractivity (Wildman–Crippen MR) is 65.8 cm³/mol. The van der Waals surface area contributed by atoms with Crippen molar-refractivity contribution in [3.8, 4) is 0 Å². The zero-order valence-corrected chi connectivity index (χ0v) is 10.9. The zero-order chi connectivity index (χ0) is 14.2. The molecule has 2 aliphatic heterocycles. The van der Waals surface area contributed by atoms with Crippen LogP contribution in [-0.4, -0.2) is 53.3 Å². The molecule has 0 aliphatic carbocycles. The highest BCUT2D eigenvalue weighted by Crippen LogP contribution is 2.42. The highest BCUT2D eigenvalue weighted by molar-refractivity contribution is 5.82. The monoisotopic (exact) mass is 280 g/mol. The molecule has 0 saturated carbocycles. The summed E-state index contributed by atoms with van der Waals surface area (Å²) < 4.78 is 10.1. The number of fused-ring (bicyclic) bond motifs is 1. The number of aromatic nitrogens is 1. The number of likely N-dealkylation sites (tertiary alicyclic amines) is 1. The number of hydrogen-bond donors (Lipinski definition) is 1. The van der Waals surface area contributed by atoms with E-state index in [1.807, 2.05) is 0 Å². The van der Waals surface area contributed by atoms with Crippen LogP contribution >= 0.6 is 0 Å². The Hall–Kier alpha value is -1.89. The standard InChI is InChI=1S/C13H16N2O5/c16-11(5-10-1-3-20-14-10)15-6-9-7-19-4-2-13(9,8-15)12(17)18/h1,3,9H,2,4-8H2,(H,17,18)/t9-,13+/m0/s1. The van der Waals surface area contributed by atoms with Crippen LogP contribution in [-0.2, 0) is 20.7 Å². The van der Waals surface area contributed by atoms with Gasteiger partial charge in [0.25, 0.3) is 0 Å². The third-order valence-corrected chi connectivity index (χ3v) is 4.31. The second kappa shape index (κ2) is 4.90. The first-order valence-corrected chi connectivity index (χ1v) is 6.60. The van der Waals surface area contributed by atoms with Gasteiger partial charge in [-0.3, -0.25) is 9.59 Å². The van der Waals surface area contributed by atoms with Gasteiger partial charge in [-0.2, -0.15) is 0 Å². The number of nitrogens with zero attached hydrogens (tertiary/aromatic N) is 2. The molecule has 108 valence electrons. The maximum atomic E-state index is 12.2. The molecule has 7 heteroatoms. The molecule has 0 bridgehead atoms. The van der Waals surface area contributed by atoms with E-state index < -0.39 is 11.4 Å². The van der Waals surface area contributed by atoms with E-state index >= 15 is 0 Å². The van der Waals surface area contributed by atoms with Gasteiger partial charge in [0.05, 0.1) is 24.1 Å². The Morgan fingerprint density at radius 2 is 2.40 bits per heavy atom. The minimum atomic E-state index is -0.849. The van der Waals surface area contributed by atoms with Crippen molar-refractivity contribution in [3.05, 3.63) is 18.0 Å². The average Bonchev–Trinajstić information content (AvgIpc) is 3.05. The predicted octanol–water partition coefficient (Wildman–Crippen LogP) is 0.167. The molecule has 1 N–H and O–H groups in total. The number of carbonyl (C=O) groups is 2. The first kappa shape index (κ1) is 13.1. The summed E-state index contributed by atoms with van der Waals surface area (Å²) in [6.07, 6.45) is 2.01. The lowest BCUT2D eigenvalue weighted by atomic mass is 9.74. The van der Waals surface area contributed by atoms with Gasteiger partial charge in [0.1, 0.15) is 6.26 Å². The first-order chi connectivity index (χ1) is 9.62. The molecule has 2 aliphatic rings. The third kappa shape index (κ3) is 2.07. The summed E-state index contributed by atoms with van der Waals surface area (Å²) in [6.45, 7) is 1.53. The first-order valence-electron chi connectivity index (χ1n) is 6.60. The Kier molecular flexibility index (Phi) is 3.21. The molecule has 3 heterocycles. The van der Waals surface area contributed by atoms with Gasteiger partial charge in [0, 0.05) is 31.7 Å². The van der Waals surface area contributed by atoms with Gasteiger partial charge in [0.2, 0.25) is 5.91 Å². The molecule has 3 rings (SSSR count). The molecule has 0 aromatic carbocycles. The number of aliphatic carboxylic acids is 1. The summed E-state index contributed by atoms with van der Waals surface area (Å²) in [5.74, 6) is -1.08. The minimum absolute atomic E-state index is 0.117. The number of carbonyl (C=O) groups excluding carboxylic acids is 1. The van der Waals surface area contributed by atoms with Crippen LogP contribution in [0, 0.1) is 11.3 Å². The van der Waals surface area contributed by atoms with Gasteiger partial charge in [-0.15, -0.1) is 0 Å². The topological polar surface area (TPSA) is 92.9 Å². The Balaban J connectivity index is 1.73. The number of amides is 1. The highest BCUT2D eigenvalue weighted by atomic mass is 16.5. The molecule has 1 aromatic heterocycles. The minimum Gasteiger partial charge on any atom is -0.481 e. The van der Waals surface area contributed by atoms with Crippen molar-refractivity contribution in [2.75, 3.05) is 26.3 Å². The summed E-state index contributed by atoms with van der Waals surface area (Å²) in [7, 11) is 0. The molecule has 20 heavy (non-hydrogen) atoms. The van der Waals surface area contributed by atoms with Crippen LogP contribution in [0.15, 0.2) is 16.9 Å². The van der Waals surface area contributed by atoms with Crippen molar-refractivity contribution in [3.63, 3.8) is 0 Å². The van der Waals surface area contributed by atoms with E-state index in [4.69, 9.17) is 9.26 Å². The van der Waals surface area contributed by atoms with Gasteiger partial charge >= 0.3 is 5.97 Å². The molecule has 0 spiro atoms. The molecule has 2 atom stereocenters. The van der Waals surface area contributed by atoms with E-state index in [1.54, 1.807) is 11.0 Å². The fourth-order valence-corrected chi connectivity index (χ4v) is 3.08. The van der Waals surface area contributed by atoms with E-state index in [0.717, 1.165) is 0 Å². The van der Waals surface area contributed by atoms with Crippen molar-refractivity contribution in [1.82, 2.24) is 10.1 Å². The van der Waals surface area contributed by atoms with Crippen LogP contribution in [0.4, 0.5) is 0 Å².